The molecule has 1 aliphatic heterocycles. The largest absolute Gasteiger partial charge is 0.493 e. The quantitative estimate of drug-likeness (QED) is 0.651. The van der Waals surface area contributed by atoms with Crippen LogP contribution in [-0.4, -0.2) is 51.1 Å². The number of benzene rings is 1. The summed E-state index contributed by atoms with van der Waals surface area (Å²) in [6.07, 6.45) is 1.35. The molecule has 1 N–H and O–H groups in total. The number of ether oxygens (including phenoxy) is 3. The third kappa shape index (κ3) is 2.96. The second kappa shape index (κ2) is 6.39. The van der Waals surface area contributed by atoms with Crippen molar-refractivity contribution in [2.45, 2.75) is 0 Å². The van der Waals surface area contributed by atoms with Gasteiger partial charge < -0.3 is 14.2 Å². The molecule has 0 aromatic heterocycles. The standard InChI is InChI=1S/C15H16N2O6/c1-17-14(19)9(13(18)16-15(17)20)5-8-6-10(21-2)12(23-4)11(7-8)22-3/h5-7H,1-4H3,(H,16,18,20)/b9-5-. The summed E-state index contributed by atoms with van der Waals surface area (Å²) in [5.74, 6) is -0.290. The van der Waals surface area contributed by atoms with Gasteiger partial charge >= 0.3 is 6.03 Å². The highest BCUT2D eigenvalue weighted by Crippen LogP contribution is 2.38. The van der Waals surface area contributed by atoms with Gasteiger partial charge in [-0.3, -0.25) is 19.8 Å². The lowest BCUT2D eigenvalue weighted by Gasteiger charge is -2.22. The average molecular weight is 320 g/mol. The number of hydrogen-bond donors (Lipinski definition) is 1. The molecule has 0 spiro atoms. The summed E-state index contributed by atoms with van der Waals surface area (Å²) in [5, 5.41) is 2.08. The van der Waals surface area contributed by atoms with Gasteiger partial charge in [-0.2, -0.15) is 0 Å². The van der Waals surface area contributed by atoms with Crippen LogP contribution in [0.25, 0.3) is 6.08 Å². The second-order valence-corrected chi connectivity index (χ2v) is 4.64. The predicted octanol–water partition coefficient (Wildman–Crippen LogP) is 0.804. The molecule has 8 heteroatoms. The summed E-state index contributed by atoms with van der Waals surface area (Å²) in [5.41, 5.74) is 0.321. The molecule has 1 fully saturated rings. The van der Waals surface area contributed by atoms with Crippen LogP contribution in [0.4, 0.5) is 4.79 Å². The number of methoxy groups -OCH3 is 3. The lowest BCUT2D eigenvalue weighted by Crippen LogP contribution is -2.52. The molecular weight excluding hydrogens is 304 g/mol. The normalized spacial score (nSPS) is 16.4. The molecule has 0 aliphatic carbocycles. The number of carbonyl (C=O) groups excluding carboxylic acids is 3. The summed E-state index contributed by atoms with van der Waals surface area (Å²) in [6, 6.07) is 2.42. The Balaban J connectivity index is 2.52. The molecule has 1 aromatic carbocycles. The van der Waals surface area contributed by atoms with E-state index >= 15 is 0 Å². The highest BCUT2D eigenvalue weighted by Gasteiger charge is 2.33. The van der Waals surface area contributed by atoms with E-state index in [9.17, 15) is 14.4 Å². The van der Waals surface area contributed by atoms with Crippen molar-refractivity contribution >= 4 is 23.9 Å². The van der Waals surface area contributed by atoms with Crippen molar-refractivity contribution in [3.05, 3.63) is 23.3 Å². The van der Waals surface area contributed by atoms with Crippen molar-refractivity contribution in [3.63, 3.8) is 0 Å². The fraction of sp³-hybridized carbons (Fsp3) is 0.267. The van der Waals surface area contributed by atoms with Gasteiger partial charge in [0.05, 0.1) is 21.3 Å². The number of urea groups is 1. The number of carbonyl (C=O) groups is 3. The van der Waals surface area contributed by atoms with Crippen LogP contribution >= 0.6 is 0 Å². The van der Waals surface area contributed by atoms with E-state index in [2.05, 4.69) is 5.32 Å². The number of barbiturate groups is 1. The first-order valence-electron chi connectivity index (χ1n) is 6.58. The van der Waals surface area contributed by atoms with Crippen molar-refractivity contribution in [1.82, 2.24) is 10.2 Å². The van der Waals surface area contributed by atoms with Crippen LogP contribution in [0.15, 0.2) is 17.7 Å². The number of nitrogens with one attached hydrogen (secondary N) is 1. The van der Waals surface area contributed by atoms with Crippen LogP contribution in [-0.2, 0) is 9.59 Å². The Hall–Kier alpha value is -3.03. The molecule has 0 saturated carbocycles. The summed E-state index contributed by atoms with van der Waals surface area (Å²) >= 11 is 0. The first-order valence-corrected chi connectivity index (χ1v) is 6.58. The molecule has 8 nitrogen and oxygen atoms in total. The van der Waals surface area contributed by atoms with E-state index in [1.807, 2.05) is 0 Å². The minimum atomic E-state index is -0.762. The molecule has 0 unspecified atom stereocenters. The zero-order valence-electron chi connectivity index (χ0n) is 13.1. The molecular formula is C15H16N2O6. The average Bonchev–Trinajstić information content (AvgIpc) is 2.55. The zero-order valence-corrected chi connectivity index (χ0v) is 13.1. The van der Waals surface area contributed by atoms with E-state index in [4.69, 9.17) is 14.2 Å². The Morgan fingerprint density at radius 1 is 1.00 bits per heavy atom. The van der Waals surface area contributed by atoms with Crippen LogP contribution in [0.2, 0.25) is 0 Å². The highest BCUT2D eigenvalue weighted by atomic mass is 16.5. The third-order valence-electron chi connectivity index (χ3n) is 3.30. The van der Waals surface area contributed by atoms with Gasteiger partial charge in [-0.1, -0.05) is 0 Å². The van der Waals surface area contributed by atoms with E-state index in [1.54, 1.807) is 12.1 Å². The van der Waals surface area contributed by atoms with E-state index < -0.39 is 17.8 Å². The number of rotatable bonds is 4. The lowest BCUT2D eigenvalue weighted by molar-refractivity contribution is -0.129. The first kappa shape index (κ1) is 16.3. The Morgan fingerprint density at radius 2 is 1.57 bits per heavy atom. The first-order chi connectivity index (χ1) is 10.9. The van der Waals surface area contributed by atoms with E-state index in [0.29, 0.717) is 22.8 Å². The summed E-state index contributed by atoms with van der Waals surface area (Å²) in [4.78, 5) is 36.1. The van der Waals surface area contributed by atoms with Gasteiger partial charge in [-0.05, 0) is 23.8 Å². The monoisotopic (exact) mass is 320 g/mol. The van der Waals surface area contributed by atoms with Crippen molar-refractivity contribution in [2.24, 2.45) is 0 Å². The Morgan fingerprint density at radius 3 is 2.04 bits per heavy atom. The molecule has 23 heavy (non-hydrogen) atoms. The smallest absolute Gasteiger partial charge is 0.331 e. The predicted molar refractivity (Wildman–Crippen MR) is 80.4 cm³/mol. The Kier molecular flexibility index (Phi) is 4.54. The van der Waals surface area contributed by atoms with Crippen LogP contribution < -0.4 is 19.5 Å². The summed E-state index contributed by atoms with van der Waals surface area (Å²) in [6.45, 7) is 0. The molecule has 1 aromatic rings. The van der Waals surface area contributed by atoms with Crippen molar-refractivity contribution in [3.8, 4) is 17.2 Å². The van der Waals surface area contributed by atoms with Gasteiger partial charge in [0.25, 0.3) is 11.8 Å². The van der Waals surface area contributed by atoms with Gasteiger partial charge in [-0.25, -0.2) is 4.79 Å². The second-order valence-electron chi connectivity index (χ2n) is 4.64. The van der Waals surface area contributed by atoms with Crippen molar-refractivity contribution < 1.29 is 28.6 Å². The van der Waals surface area contributed by atoms with Gasteiger partial charge in [0.15, 0.2) is 11.5 Å². The van der Waals surface area contributed by atoms with Crippen LogP contribution in [0.5, 0.6) is 17.2 Å². The number of hydrogen-bond acceptors (Lipinski definition) is 6. The minimum Gasteiger partial charge on any atom is -0.493 e. The minimum absolute atomic E-state index is 0.165. The molecule has 0 bridgehead atoms. The maximum atomic E-state index is 12.1. The molecule has 0 radical (unpaired) electrons. The van der Waals surface area contributed by atoms with Crippen LogP contribution in [0, 0.1) is 0 Å². The van der Waals surface area contributed by atoms with Gasteiger partial charge in [0, 0.05) is 7.05 Å². The third-order valence-corrected chi connectivity index (χ3v) is 3.30. The molecule has 1 saturated heterocycles. The number of imide groups is 2. The van der Waals surface area contributed by atoms with Crippen molar-refractivity contribution in [2.75, 3.05) is 28.4 Å². The van der Waals surface area contributed by atoms with E-state index in [-0.39, 0.29) is 5.57 Å². The molecule has 2 rings (SSSR count). The molecule has 1 heterocycles. The number of nitrogens with zero attached hydrogens (tertiary/aromatic N) is 1. The van der Waals surface area contributed by atoms with Crippen molar-refractivity contribution in [1.29, 1.82) is 0 Å². The van der Waals surface area contributed by atoms with E-state index in [1.165, 1.54) is 34.5 Å². The van der Waals surface area contributed by atoms with Gasteiger partial charge in [0.2, 0.25) is 5.75 Å². The molecule has 122 valence electrons. The number of amides is 4. The summed E-state index contributed by atoms with van der Waals surface area (Å²) < 4.78 is 15.6. The van der Waals surface area contributed by atoms with E-state index in [0.717, 1.165) is 4.90 Å². The molecule has 4 amide bonds. The lowest BCUT2D eigenvalue weighted by atomic mass is 10.1. The van der Waals surface area contributed by atoms with Crippen LogP contribution in [0.3, 0.4) is 0 Å². The topological polar surface area (TPSA) is 94.2 Å². The van der Waals surface area contributed by atoms with Crippen LogP contribution in [0.1, 0.15) is 5.56 Å². The number of likely N-dealkylation sites (N-methyl/N-ethyl adjacent to an activating group) is 1. The zero-order chi connectivity index (χ0) is 17.1. The SMILES string of the molecule is COc1cc(/C=C2/C(=O)NC(=O)N(C)C2=O)cc(OC)c1OC. The Bertz CT molecular complexity index is 685. The maximum Gasteiger partial charge on any atom is 0.331 e. The fourth-order valence-electron chi connectivity index (χ4n) is 2.10. The Labute approximate surface area is 132 Å². The van der Waals surface area contributed by atoms with Gasteiger partial charge in [-0.15, -0.1) is 0 Å². The molecule has 0 atom stereocenters. The fourth-order valence-corrected chi connectivity index (χ4v) is 2.10. The highest BCUT2D eigenvalue weighted by molar-refractivity contribution is 6.30. The van der Waals surface area contributed by atoms with Gasteiger partial charge in [0.1, 0.15) is 5.57 Å². The maximum absolute atomic E-state index is 12.1. The molecule has 1 aliphatic rings. The summed E-state index contributed by atoms with van der Waals surface area (Å²) in [7, 11) is 5.67.